The zero-order chi connectivity index (χ0) is 19.6. The lowest BCUT2D eigenvalue weighted by atomic mass is 10.0. The fourth-order valence-electron chi connectivity index (χ4n) is 2.91. The Morgan fingerprint density at radius 1 is 1.30 bits per heavy atom. The summed E-state index contributed by atoms with van der Waals surface area (Å²) in [6.07, 6.45) is 0.770. The van der Waals surface area contributed by atoms with Gasteiger partial charge in [0.05, 0.1) is 6.04 Å². The number of hydrogen-bond donors (Lipinski definition) is 2. The molecule has 0 saturated carbocycles. The maximum Gasteiger partial charge on any atom is 0.250 e. The van der Waals surface area contributed by atoms with Gasteiger partial charge < -0.3 is 5.32 Å². The van der Waals surface area contributed by atoms with E-state index in [1.54, 1.807) is 23.2 Å². The number of nitrogens with one attached hydrogen (secondary N) is 2. The van der Waals surface area contributed by atoms with Gasteiger partial charge >= 0.3 is 0 Å². The van der Waals surface area contributed by atoms with Crippen LogP contribution in [0.15, 0.2) is 44.8 Å². The molecule has 2 unspecified atom stereocenters. The minimum Gasteiger partial charge on any atom is -0.348 e. The molecule has 2 atom stereocenters. The molecule has 0 fully saturated rings. The Balaban J connectivity index is 1.78. The molecule has 1 aliphatic heterocycles. The number of thioether (sulfide) groups is 1. The third-order valence-electron chi connectivity index (χ3n) is 4.32. The SMILES string of the molecule is CC(C)C(NS(=O)(=O)c1cccs1)C(=O)NC1CCSc2ccc(Cl)cc21. The number of thiophene rings is 1. The highest BCUT2D eigenvalue weighted by atomic mass is 35.5. The smallest absolute Gasteiger partial charge is 0.250 e. The highest BCUT2D eigenvalue weighted by molar-refractivity contribution is 7.99. The van der Waals surface area contributed by atoms with Crippen LogP contribution in [0.3, 0.4) is 0 Å². The Kier molecular flexibility index (Phi) is 6.53. The molecule has 3 rings (SSSR count). The maximum absolute atomic E-state index is 12.9. The highest BCUT2D eigenvalue weighted by Gasteiger charge is 2.31. The van der Waals surface area contributed by atoms with Gasteiger partial charge in [-0.3, -0.25) is 4.79 Å². The number of hydrogen-bond acceptors (Lipinski definition) is 5. The molecule has 1 aliphatic rings. The van der Waals surface area contributed by atoms with Crippen molar-refractivity contribution in [2.45, 2.75) is 41.5 Å². The number of halogens is 1. The van der Waals surface area contributed by atoms with Crippen molar-refractivity contribution < 1.29 is 13.2 Å². The van der Waals surface area contributed by atoms with Gasteiger partial charge in [-0.1, -0.05) is 31.5 Å². The molecule has 0 saturated heterocycles. The molecule has 5 nitrogen and oxygen atoms in total. The monoisotopic (exact) mass is 444 g/mol. The molecule has 0 radical (unpaired) electrons. The van der Waals surface area contributed by atoms with Crippen LogP contribution in [0.4, 0.5) is 0 Å². The molecule has 2 aromatic rings. The van der Waals surface area contributed by atoms with Crippen LogP contribution in [0, 0.1) is 5.92 Å². The van der Waals surface area contributed by atoms with E-state index in [2.05, 4.69) is 10.0 Å². The first-order chi connectivity index (χ1) is 12.8. The standard InChI is InChI=1S/C18H21ClN2O3S3/c1-11(2)17(21-27(23,24)16-4-3-8-26-16)18(22)20-14-7-9-25-15-6-5-12(19)10-13(14)15/h3-6,8,10-11,14,17,21H,7,9H2,1-2H3,(H,20,22). The summed E-state index contributed by atoms with van der Waals surface area (Å²) in [7, 11) is -3.73. The van der Waals surface area contributed by atoms with Crippen LogP contribution in [0.2, 0.25) is 5.02 Å². The second kappa shape index (κ2) is 8.53. The van der Waals surface area contributed by atoms with E-state index < -0.39 is 16.1 Å². The molecular formula is C18H21ClN2O3S3. The molecule has 2 N–H and O–H groups in total. The summed E-state index contributed by atoms with van der Waals surface area (Å²) in [6, 6.07) is 7.83. The van der Waals surface area contributed by atoms with Crippen LogP contribution in [0.25, 0.3) is 0 Å². The highest BCUT2D eigenvalue weighted by Crippen LogP contribution is 2.37. The lowest BCUT2D eigenvalue weighted by molar-refractivity contribution is -0.124. The quantitative estimate of drug-likeness (QED) is 0.704. The number of rotatable bonds is 6. The molecule has 2 heterocycles. The largest absolute Gasteiger partial charge is 0.348 e. The van der Waals surface area contributed by atoms with E-state index in [9.17, 15) is 13.2 Å². The minimum atomic E-state index is -3.73. The predicted octanol–water partition coefficient (Wildman–Crippen LogP) is 4.06. The number of carbonyl (C=O) groups excluding carboxylic acids is 1. The van der Waals surface area contributed by atoms with Gasteiger partial charge in [0.15, 0.2) is 0 Å². The summed E-state index contributed by atoms with van der Waals surface area (Å²) in [6.45, 7) is 3.64. The molecule has 0 aliphatic carbocycles. The third-order valence-corrected chi connectivity index (χ3v) is 8.52. The van der Waals surface area contributed by atoms with Crippen molar-refractivity contribution >= 4 is 50.6 Å². The second-order valence-electron chi connectivity index (χ2n) is 6.66. The van der Waals surface area contributed by atoms with Gasteiger partial charge in [0, 0.05) is 15.7 Å². The summed E-state index contributed by atoms with van der Waals surface area (Å²) in [5, 5.41) is 5.33. The Morgan fingerprint density at radius 2 is 2.07 bits per heavy atom. The van der Waals surface area contributed by atoms with E-state index >= 15 is 0 Å². The van der Waals surface area contributed by atoms with Gasteiger partial charge in [-0.15, -0.1) is 23.1 Å². The molecule has 1 aromatic carbocycles. The summed E-state index contributed by atoms with van der Waals surface area (Å²) in [5.74, 6) is 0.358. The van der Waals surface area contributed by atoms with Crippen molar-refractivity contribution in [3.05, 3.63) is 46.3 Å². The fraction of sp³-hybridized carbons (Fsp3) is 0.389. The molecule has 146 valence electrons. The van der Waals surface area contributed by atoms with Gasteiger partial charge in [-0.05, 0) is 47.5 Å². The van der Waals surface area contributed by atoms with E-state index in [-0.39, 0.29) is 22.1 Å². The number of benzene rings is 1. The van der Waals surface area contributed by atoms with Crippen molar-refractivity contribution in [2.24, 2.45) is 5.92 Å². The number of amides is 1. The number of fused-ring (bicyclic) bond motifs is 1. The molecule has 0 spiro atoms. The third kappa shape index (κ3) is 4.86. The van der Waals surface area contributed by atoms with E-state index in [1.807, 2.05) is 32.0 Å². The van der Waals surface area contributed by atoms with Crippen molar-refractivity contribution in [3.8, 4) is 0 Å². The molecule has 27 heavy (non-hydrogen) atoms. The first-order valence-corrected chi connectivity index (χ1v) is 12.3. The Morgan fingerprint density at radius 3 is 2.74 bits per heavy atom. The van der Waals surface area contributed by atoms with Gasteiger partial charge in [0.1, 0.15) is 10.3 Å². The summed E-state index contributed by atoms with van der Waals surface area (Å²) in [4.78, 5) is 14.0. The number of sulfonamides is 1. The minimum absolute atomic E-state index is 0.181. The van der Waals surface area contributed by atoms with Crippen LogP contribution in [-0.2, 0) is 14.8 Å². The van der Waals surface area contributed by atoms with E-state index in [0.29, 0.717) is 5.02 Å². The van der Waals surface area contributed by atoms with Gasteiger partial charge in [-0.25, -0.2) is 8.42 Å². The zero-order valence-electron chi connectivity index (χ0n) is 14.9. The summed E-state index contributed by atoms with van der Waals surface area (Å²) >= 11 is 8.98. The Hall–Kier alpha value is -1.06. The molecule has 1 amide bonds. The first kappa shape index (κ1) is 20.7. The molecule has 9 heteroatoms. The van der Waals surface area contributed by atoms with E-state index in [4.69, 9.17) is 11.6 Å². The molecule has 0 bridgehead atoms. The van der Waals surface area contributed by atoms with Crippen molar-refractivity contribution in [3.63, 3.8) is 0 Å². The van der Waals surface area contributed by atoms with Crippen LogP contribution in [0.1, 0.15) is 31.9 Å². The summed E-state index contributed by atoms with van der Waals surface area (Å²) < 4.78 is 27.9. The van der Waals surface area contributed by atoms with Crippen molar-refractivity contribution in [1.82, 2.24) is 10.0 Å². The van der Waals surface area contributed by atoms with Crippen LogP contribution in [-0.4, -0.2) is 26.1 Å². The van der Waals surface area contributed by atoms with Crippen molar-refractivity contribution in [1.29, 1.82) is 0 Å². The topological polar surface area (TPSA) is 75.3 Å². The lowest BCUT2D eigenvalue weighted by Crippen LogP contribution is -2.50. The van der Waals surface area contributed by atoms with Crippen LogP contribution < -0.4 is 10.0 Å². The molecular weight excluding hydrogens is 424 g/mol. The first-order valence-electron chi connectivity index (χ1n) is 8.56. The van der Waals surface area contributed by atoms with E-state index in [1.165, 1.54) is 6.07 Å². The summed E-state index contributed by atoms with van der Waals surface area (Å²) in [5.41, 5.74) is 0.982. The Labute approximate surface area is 172 Å². The Bertz CT molecular complexity index is 914. The van der Waals surface area contributed by atoms with E-state index in [0.717, 1.165) is 34.0 Å². The van der Waals surface area contributed by atoms with Crippen LogP contribution in [0.5, 0.6) is 0 Å². The fourth-order valence-corrected chi connectivity index (χ4v) is 6.55. The van der Waals surface area contributed by atoms with Gasteiger partial charge in [0.25, 0.3) is 10.0 Å². The van der Waals surface area contributed by atoms with Gasteiger partial charge in [0.2, 0.25) is 5.91 Å². The van der Waals surface area contributed by atoms with Crippen molar-refractivity contribution in [2.75, 3.05) is 5.75 Å². The normalized spacial score (nSPS) is 18.1. The predicted molar refractivity (Wildman–Crippen MR) is 111 cm³/mol. The maximum atomic E-state index is 12.9. The lowest BCUT2D eigenvalue weighted by Gasteiger charge is -2.29. The zero-order valence-corrected chi connectivity index (χ0v) is 18.1. The molecule has 1 aromatic heterocycles. The van der Waals surface area contributed by atoms with Gasteiger partial charge in [-0.2, -0.15) is 4.72 Å². The second-order valence-corrected chi connectivity index (χ2v) is 11.1. The average Bonchev–Trinajstić information content (AvgIpc) is 3.15. The average molecular weight is 445 g/mol. The number of carbonyl (C=O) groups is 1. The van der Waals surface area contributed by atoms with Crippen LogP contribution >= 0.6 is 34.7 Å².